The van der Waals surface area contributed by atoms with Gasteiger partial charge in [0.1, 0.15) is 16.6 Å². The lowest BCUT2D eigenvalue weighted by Crippen LogP contribution is -2.40. The summed E-state index contributed by atoms with van der Waals surface area (Å²) in [6, 6.07) is 7.18. The molecule has 2 N–H and O–H groups in total. The fourth-order valence-electron chi connectivity index (χ4n) is 2.00. The van der Waals surface area contributed by atoms with Crippen LogP contribution in [0.25, 0.3) is 6.08 Å². The van der Waals surface area contributed by atoms with Gasteiger partial charge in [-0.2, -0.15) is 0 Å². The summed E-state index contributed by atoms with van der Waals surface area (Å²) in [5.74, 6) is -1.10. The van der Waals surface area contributed by atoms with Gasteiger partial charge in [-0.3, -0.25) is 19.3 Å². The van der Waals surface area contributed by atoms with Crippen molar-refractivity contribution in [2.75, 3.05) is 20.2 Å². The van der Waals surface area contributed by atoms with Crippen LogP contribution in [0.3, 0.4) is 0 Å². The molecule has 0 aliphatic carbocycles. The molecule has 0 unspecified atom stereocenters. The number of aliphatic carboxylic acids is 1. The molecule has 0 aromatic heterocycles. The Labute approximate surface area is 154 Å². The van der Waals surface area contributed by atoms with Crippen LogP contribution in [0.5, 0.6) is 5.75 Å². The van der Waals surface area contributed by atoms with Crippen molar-refractivity contribution in [2.45, 2.75) is 6.42 Å². The molecule has 1 aliphatic rings. The lowest BCUT2D eigenvalue weighted by molar-refractivity contribution is -0.137. The Kier molecular flexibility index (Phi) is 6.54. The molecule has 1 aromatic carbocycles. The molecule has 0 spiro atoms. The third-order valence-corrected chi connectivity index (χ3v) is 4.63. The number of nitrogens with one attached hydrogen (secondary N) is 1. The van der Waals surface area contributed by atoms with Crippen LogP contribution in [0.15, 0.2) is 29.2 Å². The van der Waals surface area contributed by atoms with Crippen molar-refractivity contribution in [1.29, 1.82) is 0 Å². The van der Waals surface area contributed by atoms with Crippen LogP contribution >= 0.6 is 24.0 Å². The van der Waals surface area contributed by atoms with E-state index in [1.165, 1.54) is 4.90 Å². The van der Waals surface area contributed by atoms with E-state index in [2.05, 4.69) is 5.32 Å². The Morgan fingerprint density at radius 1 is 1.36 bits per heavy atom. The molecular formula is C16H16N2O5S2. The Hall–Kier alpha value is -2.39. The van der Waals surface area contributed by atoms with E-state index in [9.17, 15) is 14.4 Å². The summed E-state index contributed by atoms with van der Waals surface area (Å²) in [6.07, 6.45) is 1.52. The molecule has 2 amide bonds. The van der Waals surface area contributed by atoms with Gasteiger partial charge in [0.2, 0.25) is 5.91 Å². The van der Waals surface area contributed by atoms with E-state index in [1.54, 1.807) is 25.3 Å². The highest BCUT2D eigenvalue weighted by atomic mass is 32.2. The molecule has 2 rings (SSSR count). The predicted molar refractivity (Wildman–Crippen MR) is 98.1 cm³/mol. The van der Waals surface area contributed by atoms with Gasteiger partial charge in [-0.15, -0.1) is 0 Å². The lowest BCUT2D eigenvalue weighted by Gasteiger charge is -2.13. The number of hydrogen-bond donors (Lipinski definition) is 2. The topological polar surface area (TPSA) is 95.9 Å². The zero-order chi connectivity index (χ0) is 18.4. The van der Waals surface area contributed by atoms with E-state index in [4.69, 9.17) is 22.1 Å². The van der Waals surface area contributed by atoms with Crippen LogP contribution in [-0.4, -0.2) is 52.3 Å². The molecule has 1 saturated heterocycles. The van der Waals surface area contributed by atoms with Crippen molar-refractivity contribution < 1.29 is 24.2 Å². The van der Waals surface area contributed by atoms with Gasteiger partial charge in [-0.05, 0) is 23.8 Å². The van der Waals surface area contributed by atoms with E-state index in [0.717, 1.165) is 17.3 Å². The maximum Gasteiger partial charge on any atom is 0.305 e. The first kappa shape index (κ1) is 18.9. The van der Waals surface area contributed by atoms with Gasteiger partial charge in [0.15, 0.2) is 0 Å². The summed E-state index contributed by atoms with van der Waals surface area (Å²) in [6.45, 7) is -0.227. The van der Waals surface area contributed by atoms with E-state index in [1.807, 2.05) is 12.1 Å². The standard InChI is InChI=1S/C16H16N2O5S2/c1-23-11-4-2-10(3-5-11)8-12-15(22)18(16(24)25-12)9-13(19)17-7-6-14(20)21/h2-5,8H,6-7,9H2,1H3,(H,17,19)(H,20,21)/b12-8-. The SMILES string of the molecule is COc1ccc(/C=C2\SC(=S)N(CC(=O)NCCC(=O)O)C2=O)cc1. The quantitative estimate of drug-likeness (QED) is 0.546. The fraction of sp³-hybridized carbons (Fsp3) is 0.250. The van der Waals surface area contributed by atoms with E-state index in [-0.39, 0.29) is 29.7 Å². The molecule has 1 aromatic rings. The number of methoxy groups -OCH3 is 1. The van der Waals surface area contributed by atoms with E-state index in [0.29, 0.717) is 10.7 Å². The normalized spacial score (nSPS) is 15.6. The fourth-order valence-corrected chi connectivity index (χ4v) is 3.25. The summed E-state index contributed by atoms with van der Waals surface area (Å²) >= 11 is 6.28. The van der Waals surface area contributed by atoms with Crippen molar-refractivity contribution >= 4 is 52.2 Å². The van der Waals surface area contributed by atoms with E-state index >= 15 is 0 Å². The summed E-state index contributed by atoms with van der Waals surface area (Å²) in [4.78, 5) is 36.3. The second-order valence-electron chi connectivity index (χ2n) is 5.03. The number of rotatable bonds is 7. The number of carboxylic acids is 1. The first-order chi connectivity index (χ1) is 11.9. The molecular weight excluding hydrogens is 364 g/mol. The third-order valence-electron chi connectivity index (χ3n) is 3.25. The Morgan fingerprint density at radius 2 is 2.04 bits per heavy atom. The monoisotopic (exact) mass is 380 g/mol. The Morgan fingerprint density at radius 3 is 2.64 bits per heavy atom. The molecule has 132 valence electrons. The van der Waals surface area contributed by atoms with Crippen molar-refractivity contribution in [1.82, 2.24) is 10.2 Å². The molecule has 1 aliphatic heterocycles. The molecule has 1 heterocycles. The van der Waals surface area contributed by atoms with Gasteiger partial charge in [0, 0.05) is 6.54 Å². The first-order valence-electron chi connectivity index (χ1n) is 7.28. The van der Waals surface area contributed by atoms with Crippen molar-refractivity contribution in [3.8, 4) is 5.75 Å². The average molecular weight is 380 g/mol. The third kappa shape index (κ3) is 5.30. The van der Waals surface area contributed by atoms with Crippen LogP contribution in [0.2, 0.25) is 0 Å². The number of carbonyl (C=O) groups is 3. The van der Waals surface area contributed by atoms with Gasteiger partial charge in [0.25, 0.3) is 5.91 Å². The maximum atomic E-state index is 12.4. The molecule has 9 heteroatoms. The summed E-state index contributed by atoms with van der Waals surface area (Å²) < 4.78 is 5.37. The first-order valence-corrected chi connectivity index (χ1v) is 8.51. The summed E-state index contributed by atoms with van der Waals surface area (Å²) in [7, 11) is 1.57. The zero-order valence-electron chi connectivity index (χ0n) is 13.4. The second kappa shape index (κ2) is 8.63. The zero-order valence-corrected chi connectivity index (χ0v) is 15.0. The number of carboxylic acid groups (broad SMARTS) is 1. The van der Waals surface area contributed by atoms with Gasteiger partial charge < -0.3 is 15.2 Å². The summed E-state index contributed by atoms with van der Waals surface area (Å²) in [5.41, 5.74) is 0.812. The van der Waals surface area contributed by atoms with Crippen molar-refractivity contribution in [2.24, 2.45) is 0 Å². The minimum atomic E-state index is -1.01. The molecule has 25 heavy (non-hydrogen) atoms. The number of carbonyl (C=O) groups excluding carboxylic acids is 2. The molecule has 0 saturated carbocycles. The van der Waals surface area contributed by atoms with Crippen LogP contribution in [0.4, 0.5) is 0 Å². The van der Waals surface area contributed by atoms with Gasteiger partial charge in [-0.25, -0.2) is 0 Å². The largest absolute Gasteiger partial charge is 0.497 e. The number of benzene rings is 1. The average Bonchev–Trinajstić information content (AvgIpc) is 2.83. The van der Waals surface area contributed by atoms with Gasteiger partial charge in [-0.1, -0.05) is 36.1 Å². The maximum absolute atomic E-state index is 12.4. The smallest absolute Gasteiger partial charge is 0.305 e. The lowest BCUT2D eigenvalue weighted by atomic mass is 10.2. The highest BCUT2D eigenvalue weighted by Crippen LogP contribution is 2.32. The van der Waals surface area contributed by atoms with Gasteiger partial charge in [0.05, 0.1) is 18.4 Å². The number of ether oxygens (including phenoxy) is 1. The van der Waals surface area contributed by atoms with Crippen molar-refractivity contribution in [3.63, 3.8) is 0 Å². The Bertz CT molecular complexity index is 731. The molecule has 0 radical (unpaired) electrons. The molecule has 7 nitrogen and oxygen atoms in total. The molecule has 1 fully saturated rings. The molecule has 0 bridgehead atoms. The van der Waals surface area contributed by atoms with Crippen LogP contribution in [0, 0.1) is 0 Å². The predicted octanol–water partition coefficient (Wildman–Crippen LogP) is 1.49. The van der Waals surface area contributed by atoms with Crippen LogP contribution < -0.4 is 10.1 Å². The minimum Gasteiger partial charge on any atom is -0.497 e. The van der Waals surface area contributed by atoms with Crippen molar-refractivity contribution in [3.05, 3.63) is 34.7 Å². The van der Waals surface area contributed by atoms with Crippen LogP contribution in [0.1, 0.15) is 12.0 Å². The van der Waals surface area contributed by atoms with E-state index < -0.39 is 11.9 Å². The number of nitrogens with zero attached hydrogens (tertiary/aromatic N) is 1. The second-order valence-corrected chi connectivity index (χ2v) is 6.71. The van der Waals surface area contributed by atoms with Gasteiger partial charge >= 0.3 is 5.97 Å². The summed E-state index contributed by atoms with van der Waals surface area (Å²) in [5, 5.41) is 11.0. The number of thiocarbonyl (C=S) groups is 1. The number of thioether (sulfide) groups is 1. The highest BCUT2D eigenvalue weighted by molar-refractivity contribution is 8.26. The number of amides is 2. The minimum absolute atomic E-state index is 0.00461. The number of hydrogen-bond acceptors (Lipinski definition) is 6. The van der Waals surface area contributed by atoms with Crippen LogP contribution in [-0.2, 0) is 14.4 Å². The molecule has 0 atom stereocenters. The highest BCUT2D eigenvalue weighted by Gasteiger charge is 2.33. The Balaban J connectivity index is 1.99.